The summed E-state index contributed by atoms with van der Waals surface area (Å²) in [6.45, 7) is 3.55. The normalized spacial score (nSPS) is 10.4. The molecule has 0 amide bonds. The molecule has 0 N–H and O–H groups in total. The Balaban J connectivity index is 2.03. The van der Waals surface area contributed by atoms with Gasteiger partial charge in [0, 0.05) is 6.42 Å². The van der Waals surface area contributed by atoms with Gasteiger partial charge in [0.15, 0.2) is 0 Å². The SMILES string of the molecule is [CH2]C[C](OOC(=O)c1c(OC)cccc1OC)OOC(=O)c1c(OC)cccc1OC. The van der Waals surface area contributed by atoms with E-state index < -0.39 is 18.2 Å². The molecule has 0 spiro atoms. The Morgan fingerprint density at radius 3 is 1.23 bits per heavy atom. The van der Waals surface area contributed by atoms with Crippen LogP contribution >= 0.6 is 0 Å². The monoisotopic (exact) mass is 434 g/mol. The van der Waals surface area contributed by atoms with E-state index in [0.717, 1.165) is 0 Å². The Hall–Kier alpha value is -3.50. The maximum atomic E-state index is 12.4. The van der Waals surface area contributed by atoms with E-state index in [1.165, 1.54) is 28.4 Å². The summed E-state index contributed by atoms with van der Waals surface area (Å²) in [5, 5.41) is 0. The maximum Gasteiger partial charge on any atom is 0.380 e. The fraction of sp³-hybridized carbons (Fsp3) is 0.238. The molecule has 0 saturated heterocycles. The van der Waals surface area contributed by atoms with E-state index in [9.17, 15) is 9.59 Å². The number of benzene rings is 2. The van der Waals surface area contributed by atoms with Gasteiger partial charge in [-0.05, 0) is 31.2 Å². The first kappa shape index (κ1) is 23.8. The molecule has 0 aromatic heterocycles. The fourth-order valence-electron chi connectivity index (χ4n) is 2.45. The third kappa shape index (κ3) is 5.77. The zero-order chi connectivity index (χ0) is 22.8. The number of carbonyl (C=O) groups excluding carboxylic acids is 2. The van der Waals surface area contributed by atoms with Gasteiger partial charge in [0.05, 0.1) is 28.4 Å². The van der Waals surface area contributed by atoms with Gasteiger partial charge in [0.1, 0.15) is 34.1 Å². The lowest BCUT2D eigenvalue weighted by Crippen LogP contribution is -2.17. The van der Waals surface area contributed by atoms with Crippen LogP contribution in [0.2, 0.25) is 0 Å². The lowest BCUT2D eigenvalue weighted by atomic mass is 10.2. The molecule has 0 bridgehead atoms. The van der Waals surface area contributed by atoms with Gasteiger partial charge in [0.2, 0.25) is 0 Å². The van der Waals surface area contributed by atoms with E-state index >= 15 is 0 Å². The molecule has 0 fully saturated rings. The predicted molar refractivity (Wildman–Crippen MR) is 105 cm³/mol. The van der Waals surface area contributed by atoms with Crippen molar-refractivity contribution in [3.8, 4) is 23.0 Å². The zero-order valence-electron chi connectivity index (χ0n) is 17.5. The molecular formula is C21H22O10. The highest BCUT2D eigenvalue weighted by atomic mass is 17.3. The minimum atomic E-state index is -0.929. The van der Waals surface area contributed by atoms with E-state index in [2.05, 4.69) is 6.92 Å². The Morgan fingerprint density at radius 1 is 0.645 bits per heavy atom. The summed E-state index contributed by atoms with van der Waals surface area (Å²) in [6, 6.07) is 9.46. The van der Waals surface area contributed by atoms with Crippen molar-refractivity contribution in [1.82, 2.24) is 0 Å². The van der Waals surface area contributed by atoms with Gasteiger partial charge in [-0.2, -0.15) is 0 Å². The van der Waals surface area contributed by atoms with Gasteiger partial charge < -0.3 is 18.9 Å². The highest BCUT2D eigenvalue weighted by molar-refractivity contribution is 5.96. The molecule has 0 unspecified atom stereocenters. The number of carbonyl (C=O) groups is 2. The summed E-state index contributed by atoms with van der Waals surface area (Å²) in [6.07, 6.45) is -0.545. The standard InChI is InChI=1S/C21H22O10/c1-6-17(28-30-20(22)18-13(24-2)9-7-10-14(18)25-3)29-31-21(23)19-15(26-4)11-8-12-16(19)27-5/h7-12H,1,6H2,2-5H3. The molecule has 2 rings (SSSR count). The van der Waals surface area contributed by atoms with Crippen LogP contribution in [0.25, 0.3) is 0 Å². The van der Waals surface area contributed by atoms with Crippen molar-refractivity contribution in [3.63, 3.8) is 0 Å². The van der Waals surface area contributed by atoms with Crippen molar-refractivity contribution < 1.29 is 48.1 Å². The second-order valence-electron chi connectivity index (χ2n) is 5.61. The summed E-state index contributed by atoms with van der Waals surface area (Å²) >= 11 is 0. The van der Waals surface area contributed by atoms with Crippen LogP contribution in [0.15, 0.2) is 36.4 Å². The molecule has 166 valence electrons. The van der Waals surface area contributed by atoms with Crippen LogP contribution < -0.4 is 18.9 Å². The van der Waals surface area contributed by atoms with Crippen molar-refractivity contribution in [1.29, 1.82) is 0 Å². The summed E-state index contributed by atoms with van der Waals surface area (Å²) in [5.74, 6) is -1.03. The molecule has 2 radical (unpaired) electrons. The van der Waals surface area contributed by atoms with Crippen molar-refractivity contribution in [3.05, 3.63) is 60.7 Å². The molecule has 31 heavy (non-hydrogen) atoms. The first-order valence-electron chi connectivity index (χ1n) is 8.85. The number of rotatable bonds is 11. The summed E-state index contributed by atoms with van der Waals surface area (Å²) in [4.78, 5) is 44.0. The smallest absolute Gasteiger partial charge is 0.380 e. The van der Waals surface area contributed by atoms with Gasteiger partial charge in [-0.1, -0.05) is 12.1 Å². The molecule has 2 aromatic carbocycles. The van der Waals surface area contributed by atoms with Crippen LogP contribution in [0.1, 0.15) is 27.1 Å². The summed E-state index contributed by atoms with van der Waals surface area (Å²) in [5.41, 5.74) is -0.0154. The van der Waals surface area contributed by atoms with Crippen LogP contribution in [-0.2, 0) is 19.6 Å². The Kier molecular flexibility index (Phi) is 8.92. The minimum Gasteiger partial charge on any atom is -0.496 e. The Bertz CT molecular complexity index is 780. The highest BCUT2D eigenvalue weighted by Crippen LogP contribution is 2.31. The fourth-order valence-corrected chi connectivity index (χ4v) is 2.45. The molecule has 0 aliphatic rings. The molecule has 2 aromatic rings. The second kappa shape index (κ2) is 11.6. The van der Waals surface area contributed by atoms with Crippen molar-refractivity contribution >= 4 is 11.9 Å². The van der Waals surface area contributed by atoms with Crippen molar-refractivity contribution in [2.45, 2.75) is 6.42 Å². The summed E-state index contributed by atoms with van der Waals surface area (Å²) < 4.78 is 20.5. The second-order valence-corrected chi connectivity index (χ2v) is 5.61. The molecule has 0 aliphatic heterocycles. The average Bonchev–Trinajstić information content (AvgIpc) is 2.82. The number of hydrogen-bond donors (Lipinski definition) is 0. The average molecular weight is 434 g/mol. The van der Waals surface area contributed by atoms with E-state index in [0.29, 0.717) is 0 Å². The van der Waals surface area contributed by atoms with Crippen LogP contribution in [0.5, 0.6) is 23.0 Å². The maximum absolute atomic E-state index is 12.4. The lowest BCUT2D eigenvalue weighted by Gasteiger charge is -2.15. The molecule has 0 saturated carbocycles. The molecule has 10 heteroatoms. The number of methoxy groups -OCH3 is 4. The highest BCUT2D eigenvalue weighted by Gasteiger charge is 2.26. The first-order chi connectivity index (χ1) is 15.0. The molecule has 0 atom stereocenters. The van der Waals surface area contributed by atoms with E-state index in [4.69, 9.17) is 38.5 Å². The van der Waals surface area contributed by atoms with Gasteiger partial charge in [0.25, 0.3) is 0 Å². The van der Waals surface area contributed by atoms with Gasteiger partial charge in [-0.15, -0.1) is 9.78 Å². The quantitative estimate of drug-likeness (QED) is 0.386. The van der Waals surface area contributed by atoms with Crippen molar-refractivity contribution in [2.75, 3.05) is 28.4 Å². The molecule has 0 aliphatic carbocycles. The molecule has 10 nitrogen and oxygen atoms in total. The van der Waals surface area contributed by atoms with Gasteiger partial charge in [-0.25, -0.2) is 9.59 Å². The number of hydrogen-bond acceptors (Lipinski definition) is 10. The first-order valence-corrected chi connectivity index (χ1v) is 8.85. The van der Waals surface area contributed by atoms with E-state index in [1.807, 2.05) is 0 Å². The third-order valence-corrected chi connectivity index (χ3v) is 3.89. The molecular weight excluding hydrogens is 412 g/mol. The van der Waals surface area contributed by atoms with Gasteiger partial charge in [-0.3, -0.25) is 9.78 Å². The largest absolute Gasteiger partial charge is 0.496 e. The van der Waals surface area contributed by atoms with Crippen LogP contribution in [0, 0.1) is 13.2 Å². The predicted octanol–water partition coefficient (Wildman–Crippen LogP) is 3.31. The van der Waals surface area contributed by atoms with Gasteiger partial charge >= 0.3 is 18.2 Å². The van der Waals surface area contributed by atoms with Crippen molar-refractivity contribution in [2.24, 2.45) is 0 Å². The minimum absolute atomic E-state index is 0.00772. The zero-order valence-corrected chi connectivity index (χ0v) is 17.5. The lowest BCUT2D eigenvalue weighted by molar-refractivity contribution is -0.362. The van der Waals surface area contributed by atoms with E-state index in [-0.39, 0.29) is 40.5 Å². The van der Waals surface area contributed by atoms with Crippen LogP contribution in [0.4, 0.5) is 0 Å². The molecule has 0 heterocycles. The van der Waals surface area contributed by atoms with Crippen LogP contribution in [0.3, 0.4) is 0 Å². The van der Waals surface area contributed by atoms with Crippen LogP contribution in [-0.4, -0.2) is 40.4 Å². The Labute approximate surface area is 179 Å². The topological polar surface area (TPSA) is 108 Å². The third-order valence-electron chi connectivity index (χ3n) is 3.89. The van der Waals surface area contributed by atoms with E-state index in [1.54, 1.807) is 36.4 Å². The summed E-state index contributed by atoms with van der Waals surface area (Å²) in [7, 11) is 5.53. The number of ether oxygens (including phenoxy) is 4. The Morgan fingerprint density at radius 2 is 0.968 bits per heavy atom.